The maximum absolute atomic E-state index is 14.3. The highest BCUT2D eigenvalue weighted by atomic mass is 35.5. The molecule has 0 bridgehead atoms. The second-order valence-corrected chi connectivity index (χ2v) is 17.0. The summed E-state index contributed by atoms with van der Waals surface area (Å²) < 4.78 is 33.1. The van der Waals surface area contributed by atoms with Gasteiger partial charge in [0, 0.05) is 58.4 Å². The molecule has 9 heteroatoms. The minimum Gasteiger partial charge on any atom is -0.377 e. The van der Waals surface area contributed by atoms with Crippen LogP contribution in [-0.2, 0) is 26.1 Å². The van der Waals surface area contributed by atoms with E-state index in [1.807, 2.05) is 25.1 Å². The van der Waals surface area contributed by atoms with Crippen molar-refractivity contribution in [2.24, 2.45) is 10.8 Å². The predicted molar refractivity (Wildman–Crippen MR) is 185 cm³/mol. The van der Waals surface area contributed by atoms with Gasteiger partial charge in [-0.25, -0.2) is 0 Å². The van der Waals surface area contributed by atoms with Gasteiger partial charge in [0.1, 0.15) is 4.90 Å². The van der Waals surface area contributed by atoms with Crippen molar-refractivity contribution < 1.29 is 22.2 Å². The van der Waals surface area contributed by atoms with Gasteiger partial charge in [0.25, 0.3) is 0 Å². The zero-order chi connectivity index (χ0) is 33.9. The van der Waals surface area contributed by atoms with E-state index in [2.05, 4.69) is 44.7 Å². The highest BCUT2D eigenvalue weighted by Crippen LogP contribution is 2.56. The van der Waals surface area contributed by atoms with Crippen molar-refractivity contribution in [2.45, 2.75) is 77.5 Å². The highest BCUT2D eigenvalue weighted by Gasteiger charge is 2.50. The molecule has 0 atom stereocenters. The maximum Gasteiger partial charge on any atom is 0.339 e. The Labute approximate surface area is 287 Å². The van der Waals surface area contributed by atoms with Gasteiger partial charge in [-0.3, -0.25) is 9.59 Å². The Morgan fingerprint density at radius 1 is 0.809 bits per heavy atom. The number of carbonyl (C=O) groups is 2. The molecule has 1 aliphatic heterocycles. The normalized spacial score (nSPS) is 19.5. The third-order valence-electron chi connectivity index (χ3n) is 9.34. The number of halogens is 2. The molecule has 3 aliphatic rings. The molecule has 0 N–H and O–H groups in total. The van der Waals surface area contributed by atoms with Crippen molar-refractivity contribution in [3.8, 4) is 5.75 Å². The molecule has 6 rings (SSSR count). The summed E-state index contributed by atoms with van der Waals surface area (Å²) in [5.41, 5.74) is 4.39. The molecule has 0 aromatic heterocycles. The molecule has 6 nitrogen and oxygen atoms in total. The molecule has 1 heterocycles. The summed E-state index contributed by atoms with van der Waals surface area (Å²) in [6, 6.07) is 19.5. The van der Waals surface area contributed by atoms with Gasteiger partial charge >= 0.3 is 10.1 Å². The Hall–Kier alpha value is -3.39. The van der Waals surface area contributed by atoms with E-state index < -0.39 is 16.0 Å². The van der Waals surface area contributed by atoms with Gasteiger partial charge in [-0.15, -0.1) is 0 Å². The van der Waals surface area contributed by atoms with Crippen molar-refractivity contribution in [1.29, 1.82) is 0 Å². The lowest BCUT2D eigenvalue weighted by molar-refractivity contribution is -0.119. The lowest BCUT2D eigenvalue weighted by atomic mass is 9.63. The number of nitrogens with zero attached hydrogens (tertiary/aromatic N) is 1. The zero-order valence-corrected chi connectivity index (χ0v) is 29.7. The molecule has 0 radical (unpaired) electrons. The molecule has 0 spiro atoms. The monoisotopic (exact) mass is 691 g/mol. The summed E-state index contributed by atoms with van der Waals surface area (Å²) in [5.74, 6) is -1.19. The van der Waals surface area contributed by atoms with E-state index in [1.54, 1.807) is 18.2 Å². The third-order valence-corrected chi connectivity index (χ3v) is 11.1. The summed E-state index contributed by atoms with van der Waals surface area (Å²) >= 11 is 13.4. The number of aryl methyl sites for hydroxylation is 1. The first-order valence-corrected chi connectivity index (χ1v) is 18.1. The van der Waals surface area contributed by atoms with Crippen LogP contribution in [0.15, 0.2) is 94.2 Å². The first-order valence-electron chi connectivity index (χ1n) is 15.9. The smallest absolute Gasteiger partial charge is 0.339 e. The van der Waals surface area contributed by atoms with Crippen LogP contribution in [-0.4, -0.2) is 31.4 Å². The van der Waals surface area contributed by atoms with Gasteiger partial charge < -0.3 is 9.08 Å². The van der Waals surface area contributed by atoms with Crippen LogP contribution < -0.4 is 4.18 Å². The van der Waals surface area contributed by atoms with Crippen LogP contribution in [0.25, 0.3) is 0 Å². The fraction of sp³-hybridized carbons (Fsp3) is 0.368. The van der Waals surface area contributed by atoms with Gasteiger partial charge in [0.15, 0.2) is 17.3 Å². The Morgan fingerprint density at radius 3 is 1.91 bits per heavy atom. The Balaban J connectivity index is 1.58. The van der Waals surface area contributed by atoms with Crippen molar-refractivity contribution in [1.82, 2.24) is 4.90 Å². The molecule has 0 unspecified atom stereocenters. The van der Waals surface area contributed by atoms with Crippen molar-refractivity contribution in [3.63, 3.8) is 0 Å². The molecular formula is C38H39Cl2NO5S. The first kappa shape index (κ1) is 33.5. The van der Waals surface area contributed by atoms with E-state index in [9.17, 15) is 18.0 Å². The lowest BCUT2D eigenvalue weighted by Gasteiger charge is -2.49. The van der Waals surface area contributed by atoms with Gasteiger partial charge in [0.05, 0.1) is 5.02 Å². The second-order valence-electron chi connectivity index (χ2n) is 14.6. The summed E-state index contributed by atoms with van der Waals surface area (Å²) in [7, 11) is -4.34. The van der Waals surface area contributed by atoms with E-state index in [-0.39, 0.29) is 55.9 Å². The fourth-order valence-electron chi connectivity index (χ4n) is 7.26. The lowest BCUT2D eigenvalue weighted by Crippen LogP contribution is -2.45. The summed E-state index contributed by atoms with van der Waals surface area (Å²) in [6.45, 7) is 10.8. The van der Waals surface area contributed by atoms with Crippen molar-refractivity contribution in [2.75, 3.05) is 6.54 Å². The van der Waals surface area contributed by atoms with E-state index >= 15 is 0 Å². The summed E-state index contributed by atoms with van der Waals surface area (Å²) in [4.78, 5) is 30.8. The van der Waals surface area contributed by atoms with E-state index in [1.165, 1.54) is 18.2 Å². The average molecular weight is 693 g/mol. The van der Waals surface area contributed by atoms with Crippen LogP contribution in [0.3, 0.4) is 0 Å². The number of carbonyl (C=O) groups excluding carboxylic acids is 2. The van der Waals surface area contributed by atoms with Gasteiger partial charge in [0.2, 0.25) is 0 Å². The average Bonchev–Trinajstić information content (AvgIpc) is 2.96. The van der Waals surface area contributed by atoms with Crippen LogP contribution in [0.4, 0.5) is 0 Å². The molecule has 246 valence electrons. The quantitative estimate of drug-likeness (QED) is 0.230. The Morgan fingerprint density at radius 2 is 1.36 bits per heavy atom. The Kier molecular flexibility index (Phi) is 8.73. The molecule has 0 saturated heterocycles. The zero-order valence-electron chi connectivity index (χ0n) is 27.3. The van der Waals surface area contributed by atoms with Gasteiger partial charge in [-0.05, 0) is 66.8 Å². The maximum atomic E-state index is 14.3. The molecule has 0 saturated carbocycles. The van der Waals surface area contributed by atoms with E-state index in [0.29, 0.717) is 42.5 Å². The number of hydrogen-bond donors (Lipinski definition) is 0. The van der Waals surface area contributed by atoms with Gasteiger partial charge in [-0.1, -0.05) is 98.9 Å². The minimum atomic E-state index is -4.34. The molecule has 3 aromatic carbocycles. The number of Topliss-reactive ketones (excluding diaryl/α,β-unsaturated/α-hetero) is 2. The molecule has 47 heavy (non-hydrogen) atoms. The second kappa shape index (κ2) is 12.2. The van der Waals surface area contributed by atoms with E-state index in [4.69, 9.17) is 27.4 Å². The number of rotatable bonds is 7. The standard InChI is InChI=1S/C38H39Cl2NO5S/c1-23-11-13-26(14-12-23)47(44,45)46-36-27(17-25(39)18-28(36)40)33-34-29(19-37(2,3)21-31(34)42)41(16-15-24-9-7-6-8-10-24)30-20-38(4,5)22-32(43)35(30)33/h6-14,17-18,33H,15-16,19-22H2,1-5H3. The van der Waals surface area contributed by atoms with E-state index in [0.717, 1.165) is 22.5 Å². The predicted octanol–water partition coefficient (Wildman–Crippen LogP) is 9.00. The number of benzene rings is 3. The van der Waals surface area contributed by atoms with Gasteiger partial charge in [-0.2, -0.15) is 8.42 Å². The van der Waals surface area contributed by atoms with Crippen LogP contribution in [0.5, 0.6) is 5.75 Å². The highest BCUT2D eigenvalue weighted by molar-refractivity contribution is 7.87. The largest absolute Gasteiger partial charge is 0.377 e. The first-order chi connectivity index (χ1) is 22.1. The molecule has 0 amide bonds. The number of ketones is 2. The molecule has 2 aliphatic carbocycles. The van der Waals surface area contributed by atoms with Crippen LogP contribution >= 0.6 is 23.2 Å². The van der Waals surface area contributed by atoms with Crippen LogP contribution in [0.2, 0.25) is 10.0 Å². The molecular weight excluding hydrogens is 653 g/mol. The van der Waals surface area contributed by atoms with Crippen molar-refractivity contribution >= 4 is 44.9 Å². The van der Waals surface area contributed by atoms with Crippen LogP contribution in [0, 0.1) is 17.8 Å². The van der Waals surface area contributed by atoms with Crippen molar-refractivity contribution in [3.05, 3.63) is 116 Å². The molecule has 3 aromatic rings. The third kappa shape index (κ3) is 6.67. The summed E-state index contributed by atoms with van der Waals surface area (Å²) in [5, 5.41) is 0.222. The number of hydrogen-bond acceptors (Lipinski definition) is 6. The summed E-state index contributed by atoms with van der Waals surface area (Å²) in [6.07, 6.45) is 2.49. The topological polar surface area (TPSA) is 80.8 Å². The molecule has 0 fully saturated rings. The SMILES string of the molecule is Cc1ccc(S(=O)(=O)Oc2c(Cl)cc(Cl)cc2C2C3=C(CC(C)(C)CC3=O)N(CCc3ccccc3)C3=C2C(=O)CC(C)(C)C3)cc1. The Bertz CT molecular complexity index is 1890. The van der Waals surface area contributed by atoms with Crippen LogP contribution in [0.1, 0.15) is 76.0 Å². The minimum absolute atomic E-state index is 0.0221. The fourth-order valence-corrected chi connectivity index (χ4v) is 8.82. The number of allylic oxidation sites excluding steroid dienone is 4.